The fraction of sp³-hybridized carbons (Fsp3) is 0.396. The number of sulfonamides is 2. The lowest BCUT2D eigenvalue weighted by Crippen LogP contribution is -2.45. The third-order valence-corrected chi connectivity index (χ3v) is 18.9. The van der Waals surface area contributed by atoms with Crippen molar-refractivity contribution in [2.24, 2.45) is 10.8 Å². The van der Waals surface area contributed by atoms with Gasteiger partial charge in [0.05, 0.1) is 53.2 Å². The van der Waals surface area contributed by atoms with Gasteiger partial charge < -0.3 is 19.3 Å². The Morgan fingerprint density at radius 1 is 0.616 bits per heavy atom. The molecule has 386 valence electrons. The van der Waals surface area contributed by atoms with Crippen LogP contribution in [0.25, 0.3) is 11.4 Å². The molecule has 6 aromatic rings. The maximum atomic E-state index is 13.6. The van der Waals surface area contributed by atoms with E-state index in [1.807, 2.05) is 34.1 Å². The lowest BCUT2D eigenvalue weighted by atomic mass is 10.1. The number of ether oxygens (including phenoxy) is 2. The summed E-state index contributed by atoms with van der Waals surface area (Å²) in [6.07, 6.45) is 9.25. The summed E-state index contributed by atoms with van der Waals surface area (Å²) in [7, 11) is -5.46. The largest absolute Gasteiger partial charge is 0.486 e. The number of anilines is 4. The predicted molar refractivity (Wildman–Crippen MR) is 289 cm³/mol. The van der Waals surface area contributed by atoms with Gasteiger partial charge in [-0.25, -0.2) is 16.8 Å². The van der Waals surface area contributed by atoms with E-state index in [9.17, 15) is 26.4 Å². The molecule has 0 spiro atoms. The van der Waals surface area contributed by atoms with E-state index < -0.39 is 30.5 Å². The Morgan fingerprint density at radius 2 is 1.04 bits per heavy atom. The number of rotatable bonds is 16. The molecule has 10 rings (SSSR count). The van der Waals surface area contributed by atoms with Crippen LogP contribution in [-0.2, 0) is 20.0 Å². The molecule has 1 N–H and O–H groups in total. The summed E-state index contributed by atoms with van der Waals surface area (Å²) in [6.45, 7) is 7.06. The summed E-state index contributed by atoms with van der Waals surface area (Å²) in [5.74, 6) is 0.479. The van der Waals surface area contributed by atoms with Gasteiger partial charge in [-0.05, 0) is 112 Å². The second-order valence-corrected chi connectivity index (χ2v) is 25.1. The minimum absolute atomic E-state index is 0.0803. The summed E-state index contributed by atoms with van der Waals surface area (Å²) in [6, 6.07) is 31.9. The minimum atomic E-state index is -3.53. The van der Waals surface area contributed by atoms with Crippen molar-refractivity contribution in [1.82, 2.24) is 19.6 Å². The first kappa shape index (κ1) is 51.8. The molecule has 20 heteroatoms. The molecule has 2 saturated heterocycles. The summed E-state index contributed by atoms with van der Waals surface area (Å²) >= 11 is 12.3. The Kier molecular flexibility index (Phi) is 15.2. The number of hydrogen-bond acceptors (Lipinski definition) is 12. The lowest BCUT2D eigenvalue weighted by molar-refractivity contribution is 0.243. The molecule has 0 unspecified atom stereocenters. The van der Waals surface area contributed by atoms with Crippen molar-refractivity contribution in [3.8, 4) is 22.9 Å². The highest BCUT2D eigenvalue weighted by atomic mass is 35.5. The SMILES string of the molecule is CC1(COc2c(N3CCC(S(=O)(=O)Nc4ccccc4)CC3)cnn(-c3cccc(Cl)c3)c2=O)CC1.CN(c1ccccc1)S(=O)(=O)C1CCN(c2cnn(-c3cccc(Cl)c3)c(=O)c2OCC2(C)CC2)CC1. The quantitative estimate of drug-likeness (QED) is 0.0975. The standard InChI is InChI=1S/C27H31ClN4O4S.C26H29ClN4O4S/c1-27(13-14-27)19-36-25-24(18-29-32(26(25)33)22-10-6-7-20(28)17-22)31-15-11-23(12-16-31)37(34,35)30(2)21-8-4-3-5-9-21;1-26(12-13-26)18-35-24-23(17-28-31(25(24)32)21-9-5-6-19(27)16-21)30-14-10-22(11-15-30)36(33,34)29-20-7-3-2-4-8-20/h3-10,17-18,23H,11-16,19H2,1-2H3;2-9,16-17,22,29H,10-15,18H2,1H3. The third kappa shape index (κ3) is 12.1. The first-order valence-corrected chi connectivity index (χ1v) is 28.3. The second kappa shape index (κ2) is 21.4. The lowest BCUT2D eigenvalue weighted by Gasteiger charge is -2.35. The molecule has 73 heavy (non-hydrogen) atoms. The molecule has 2 aromatic heterocycles. The van der Waals surface area contributed by atoms with E-state index in [-0.39, 0.29) is 33.4 Å². The van der Waals surface area contributed by atoms with Crippen LogP contribution in [0.1, 0.15) is 65.2 Å². The van der Waals surface area contributed by atoms with Gasteiger partial charge in [-0.15, -0.1) is 0 Å². The zero-order valence-electron chi connectivity index (χ0n) is 41.1. The van der Waals surface area contributed by atoms with Crippen molar-refractivity contribution in [2.45, 2.75) is 75.7 Å². The maximum Gasteiger partial charge on any atom is 0.316 e. The zero-order chi connectivity index (χ0) is 51.5. The first-order valence-electron chi connectivity index (χ1n) is 24.5. The topological polar surface area (TPSA) is 178 Å². The van der Waals surface area contributed by atoms with Gasteiger partial charge in [0.15, 0.2) is 0 Å². The van der Waals surface area contributed by atoms with E-state index in [1.165, 1.54) is 13.7 Å². The molecule has 4 heterocycles. The van der Waals surface area contributed by atoms with Gasteiger partial charge in [0, 0.05) is 59.8 Å². The van der Waals surface area contributed by atoms with E-state index in [0.29, 0.717) is 109 Å². The third-order valence-electron chi connectivity index (χ3n) is 14.2. The Morgan fingerprint density at radius 3 is 1.47 bits per heavy atom. The average Bonchev–Trinajstić information content (AvgIpc) is 4.33. The highest BCUT2D eigenvalue weighted by Gasteiger charge is 2.41. The number of halogens is 2. The molecule has 0 bridgehead atoms. The van der Waals surface area contributed by atoms with E-state index in [0.717, 1.165) is 25.7 Å². The van der Waals surface area contributed by atoms with E-state index in [2.05, 4.69) is 28.8 Å². The monoisotopic (exact) mass is 1070 g/mol. The molecule has 2 aliphatic heterocycles. The van der Waals surface area contributed by atoms with Crippen LogP contribution in [0, 0.1) is 10.8 Å². The van der Waals surface area contributed by atoms with E-state index in [1.54, 1.807) is 104 Å². The van der Waals surface area contributed by atoms with Gasteiger partial charge in [0.2, 0.25) is 31.5 Å². The highest BCUT2D eigenvalue weighted by molar-refractivity contribution is 7.93. The van der Waals surface area contributed by atoms with Crippen molar-refractivity contribution < 1.29 is 26.3 Å². The average molecular weight is 1070 g/mol. The van der Waals surface area contributed by atoms with Crippen LogP contribution in [0.5, 0.6) is 11.5 Å². The predicted octanol–water partition coefficient (Wildman–Crippen LogP) is 8.98. The molecule has 0 amide bonds. The van der Waals surface area contributed by atoms with E-state index >= 15 is 0 Å². The van der Waals surface area contributed by atoms with Crippen LogP contribution >= 0.6 is 23.2 Å². The number of benzene rings is 4. The Bertz CT molecular complexity index is 3270. The fourth-order valence-electron chi connectivity index (χ4n) is 8.94. The summed E-state index contributed by atoms with van der Waals surface area (Å²) < 4.78 is 71.4. The molecule has 2 saturated carbocycles. The van der Waals surface area contributed by atoms with Crippen molar-refractivity contribution in [3.05, 3.63) is 152 Å². The van der Waals surface area contributed by atoms with Crippen LogP contribution in [0.3, 0.4) is 0 Å². The number of piperidine rings is 2. The number of para-hydroxylation sites is 2. The molecule has 4 aliphatic rings. The highest BCUT2D eigenvalue weighted by Crippen LogP contribution is 2.46. The molecule has 4 fully saturated rings. The van der Waals surface area contributed by atoms with Gasteiger partial charge >= 0.3 is 11.1 Å². The molecule has 4 aromatic carbocycles. The number of nitrogens with zero attached hydrogens (tertiary/aromatic N) is 7. The van der Waals surface area contributed by atoms with Gasteiger partial charge in [-0.3, -0.25) is 18.6 Å². The van der Waals surface area contributed by atoms with Crippen LogP contribution < -0.4 is 39.4 Å². The molecule has 0 radical (unpaired) electrons. The normalized spacial score (nSPS) is 17.5. The second-order valence-electron chi connectivity index (χ2n) is 20.0. The van der Waals surface area contributed by atoms with Gasteiger partial charge in [0.1, 0.15) is 11.4 Å². The molecule has 16 nitrogen and oxygen atoms in total. The van der Waals surface area contributed by atoms with Gasteiger partial charge in [-0.2, -0.15) is 19.6 Å². The molecular formula is C53H60Cl2N8O8S2. The van der Waals surface area contributed by atoms with Gasteiger partial charge in [0.25, 0.3) is 0 Å². The summed E-state index contributed by atoms with van der Waals surface area (Å²) in [5.41, 5.74) is 2.94. The van der Waals surface area contributed by atoms with Crippen LogP contribution in [0.15, 0.2) is 131 Å². The maximum absolute atomic E-state index is 13.6. The number of aromatic nitrogens is 4. The fourth-order valence-corrected chi connectivity index (χ4v) is 12.4. The smallest absolute Gasteiger partial charge is 0.316 e. The van der Waals surface area contributed by atoms with Crippen molar-refractivity contribution >= 4 is 66.0 Å². The van der Waals surface area contributed by atoms with E-state index in [4.69, 9.17) is 32.7 Å². The molecular weight excluding hydrogens is 1010 g/mol. The Hall–Kier alpha value is -6.08. The van der Waals surface area contributed by atoms with Crippen LogP contribution in [-0.4, -0.2) is 93.3 Å². The Labute approximate surface area is 436 Å². The van der Waals surface area contributed by atoms with Crippen molar-refractivity contribution in [2.75, 3.05) is 65.3 Å². The van der Waals surface area contributed by atoms with Crippen LogP contribution in [0.2, 0.25) is 10.0 Å². The number of hydrogen-bond donors (Lipinski definition) is 1. The van der Waals surface area contributed by atoms with Crippen molar-refractivity contribution in [1.29, 1.82) is 0 Å². The Balaban J connectivity index is 0.000000180. The molecule has 2 aliphatic carbocycles. The molecule has 0 atom stereocenters. The van der Waals surface area contributed by atoms with Crippen molar-refractivity contribution in [3.63, 3.8) is 0 Å². The summed E-state index contributed by atoms with van der Waals surface area (Å²) in [4.78, 5) is 31.1. The first-order chi connectivity index (χ1) is 34.9. The number of nitrogens with one attached hydrogen (secondary N) is 1. The summed E-state index contributed by atoms with van der Waals surface area (Å²) in [5, 5.41) is 8.80. The van der Waals surface area contributed by atoms with Crippen LogP contribution in [0.4, 0.5) is 22.7 Å². The zero-order valence-corrected chi connectivity index (χ0v) is 44.2. The minimum Gasteiger partial charge on any atom is -0.486 e. The van der Waals surface area contributed by atoms with Gasteiger partial charge in [-0.1, -0.05) is 85.6 Å².